The van der Waals surface area contributed by atoms with Gasteiger partial charge in [-0.15, -0.1) is 0 Å². The second-order valence-electron chi connectivity index (χ2n) is 9.17. The van der Waals surface area contributed by atoms with E-state index in [9.17, 15) is 29.7 Å². The minimum atomic E-state index is -1.04. The van der Waals surface area contributed by atoms with Gasteiger partial charge in [0.25, 0.3) is 0 Å². The van der Waals surface area contributed by atoms with Crippen LogP contribution < -0.4 is 4.74 Å². The number of aliphatic hydroxyl groups is 2. The van der Waals surface area contributed by atoms with Crippen LogP contribution in [0, 0.1) is 17.8 Å². The summed E-state index contributed by atoms with van der Waals surface area (Å²) in [4.78, 5) is 38.5. The van der Waals surface area contributed by atoms with E-state index < -0.39 is 29.2 Å². The third-order valence-electron chi connectivity index (χ3n) is 7.27. The van der Waals surface area contributed by atoms with Crippen molar-refractivity contribution >= 4 is 17.3 Å². The summed E-state index contributed by atoms with van der Waals surface area (Å²) in [5, 5.41) is 32.5. The summed E-state index contributed by atoms with van der Waals surface area (Å²) in [7, 11) is 1.56. The normalized spacial score (nSPS) is 23.9. The maximum absolute atomic E-state index is 13.6. The molecule has 0 saturated carbocycles. The SMILES string of the molecule is COc1ccc(-c2ccc3c(c2O)C(=O)C2=C(O)C4C(=O)C(C(C)=O)=C(O)CC4CC2C3)cc1. The van der Waals surface area contributed by atoms with Gasteiger partial charge in [-0.05, 0) is 54.9 Å². The predicted molar refractivity (Wildman–Crippen MR) is 123 cm³/mol. The Morgan fingerprint density at radius 3 is 2.35 bits per heavy atom. The van der Waals surface area contributed by atoms with E-state index in [1.807, 2.05) is 6.07 Å². The number of Topliss-reactive ketones (excluding diaryl/α,β-unsaturated/α-hetero) is 3. The molecule has 0 amide bonds. The lowest BCUT2D eigenvalue weighted by Gasteiger charge is -2.40. The summed E-state index contributed by atoms with van der Waals surface area (Å²) in [6.07, 6.45) is 0.928. The van der Waals surface area contributed by atoms with Gasteiger partial charge in [-0.2, -0.15) is 0 Å². The molecule has 3 N–H and O–H groups in total. The number of phenolic OH excluding ortho intramolecular Hbond substituents is 1. The summed E-state index contributed by atoms with van der Waals surface area (Å²) in [5.41, 5.74) is 1.78. The van der Waals surface area contributed by atoms with Crippen molar-refractivity contribution in [3.05, 3.63) is 70.2 Å². The van der Waals surface area contributed by atoms with Crippen molar-refractivity contribution in [2.45, 2.75) is 26.2 Å². The average Bonchev–Trinajstić information content (AvgIpc) is 2.78. The highest BCUT2D eigenvalue weighted by molar-refractivity contribution is 6.22. The van der Waals surface area contributed by atoms with E-state index in [1.165, 1.54) is 6.92 Å². The number of ketones is 3. The second-order valence-corrected chi connectivity index (χ2v) is 9.17. The van der Waals surface area contributed by atoms with Gasteiger partial charge in [0.15, 0.2) is 17.3 Å². The second kappa shape index (κ2) is 7.87. The Labute approximate surface area is 196 Å². The zero-order chi connectivity index (χ0) is 24.3. The Bertz CT molecular complexity index is 1310. The fourth-order valence-corrected chi connectivity index (χ4v) is 5.73. The molecule has 0 saturated heterocycles. The van der Waals surface area contributed by atoms with Crippen molar-refractivity contribution in [3.63, 3.8) is 0 Å². The molecule has 7 heteroatoms. The molecule has 0 bridgehead atoms. The zero-order valence-electron chi connectivity index (χ0n) is 18.8. The first-order chi connectivity index (χ1) is 16.2. The highest BCUT2D eigenvalue weighted by atomic mass is 16.5. The van der Waals surface area contributed by atoms with Crippen LogP contribution in [0.5, 0.6) is 11.5 Å². The van der Waals surface area contributed by atoms with Gasteiger partial charge < -0.3 is 20.1 Å². The molecule has 3 aliphatic carbocycles. The van der Waals surface area contributed by atoms with Crippen molar-refractivity contribution in [1.82, 2.24) is 0 Å². The maximum Gasteiger partial charge on any atom is 0.196 e. The predicted octanol–water partition coefficient (Wildman–Crippen LogP) is 4.24. The third-order valence-corrected chi connectivity index (χ3v) is 7.27. The first kappa shape index (κ1) is 21.9. The molecule has 2 aromatic carbocycles. The topological polar surface area (TPSA) is 121 Å². The van der Waals surface area contributed by atoms with Gasteiger partial charge in [0.1, 0.15) is 23.0 Å². The first-order valence-electron chi connectivity index (χ1n) is 11.2. The molecule has 2 aromatic rings. The number of benzene rings is 2. The number of ether oxygens (including phenoxy) is 1. The van der Waals surface area contributed by atoms with Crippen molar-refractivity contribution in [1.29, 1.82) is 0 Å². The van der Waals surface area contributed by atoms with E-state index in [2.05, 4.69) is 0 Å². The van der Waals surface area contributed by atoms with Gasteiger partial charge in [0.2, 0.25) is 0 Å². The number of hydrogen-bond acceptors (Lipinski definition) is 7. The highest BCUT2D eigenvalue weighted by Crippen LogP contribution is 2.50. The Kier molecular flexibility index (Phi) is 5.08. The van der Waals surface area contributed by atoms with Crippen LogP contribution in [-0.2, 0) is 16.0 Å². The van der Waals surface area contributed by atoms with Crippen LogP contribution in [0.2, 0.25) is 0 Å². The molecule has 0 heterocycles. The van der Waals surface area contributed by atoms with Crippen LogP contribution in [0.4, 0.5) is 0 Å². The zero-order valence-corrected chi connectivity index (χ0v) is 18.8. The van der Waals surface area contributed by atoms with Crippen LogP contribution in [0.25, 0.3) is 11.1 Å². The fourth-order valence-electron chi connectivity index (χ4n) is 5.73. The Morgan fingerprint density at radius 2 is 1.71 bits per heavy atom. The van der Waals surface area contributed by atoms with Crippen molar-refractivity contribution < 1.29 is 34.4 Å². The van der Waals surface area contributed by atoms with Crippen LogP contribution >= 0.6 is 0 Å². The molecule has 0 aromatic heterocycles. The fraction of sp³-hybridized carbons (Fsp3) is 0.296. The Morgan fingerprint density at radius 1 is 1.00 bits per heavy atom. The summed E-state index contributed by atoms with van der Waals surface area (Å²) >= 11 is 0. The third kappa shape index (κ3) is 3.15. The van der Waals surface area contributed by atoms with Crippen molar-refractivity contribution in [2.75, 3.05) is 7.11 Å². The number of carbonyl (C=O) groups excluding carboxylic acids is 3. The summed E-state index contributed by atoms with van der Waals surface area (Å²) in [5.74, 6) is -3.62. The minimum absolute atomic E-state index is 0.0991. The molecule has 174 valence electrons. The quantitative estimate of drug-likeness (QED) is 0.586. The molecule has 3 atom stereocenters. The van der Waals surface area contributed by atoms with Gasteiger partial charge in [-0.1, -0.05) is 24.3 Å². The lowest BCUT2D eigenvalue weighted by atomic mass is 9.62. The molecular weight excluding hydrogens is 436 g/mol. The van der Waals surface area contributed by atoms with E-state index in [4.69, 9.17) is 4.74 Å². The molecule has 0 aliphatic heterocycles. The molecule has 34 heavy (non-hydrogen) atoms. The smallest absolute Gasteiger partial charge is 0.196 e. The molecule has 3 aliphatic rings. The molecule has 5 rings (SSSR count). The number of allylic oxidation sites excluding steroid dienone is 4. The minimum Gasteiger partial charge on any atom is -0.511 e. The Hall–Kier alpha value is -3.87. The summed E-state index contributed by atoms with van der Waals surface area (Å²) in [6, 6.07) is 10.6. The highest BCUT2D eigenvalue weighted by Gasteiger charge is 2.50. The van der Waals surface area contributed by atoms with Gasteiger partial charge in [0, 0.05) is 17.6 Å². The summed E-state index contributed by atoms with van der Waals surface area (Å²) < 4.78 is 5.18. The Balaban J connectivity index is 1.59. The number of hydrogen-bond donors (Lipinski definition) is 3. The van der Waals surface area contributed by atoms with Crippen molar-refractivity contribution in [3.8, 4) is 22.6 Å². The summed E-state index contributed by atoms with van der Waals surface area (Å²) in [6.45, 7) is 1.19. The number of phenols is 1. The van der Waals surface area contributed by atoms with E-state index in [0.29, 0.717) is 35.3 Å². The van der Waals surface area contributed by atoms with Crippen molar-refractivity contribution in [2.24, 2.45) is 17.8 Å². The van der Waals surface area contributed by atoms with Crippen LogP contribution in [-0.4, -0.2) is 39.8 Å². The van der Waals surface area contributed by atoms with E-state index in [-0.39, 0.29) is 46.3 Å². The number of aliphatic hydroxyl groups excluding tert-OH is 2. The van der Waals surface area contributed by atoms with Gasteiger partial charge in [-0.3, -0.25) is 14.4 Å². The number of aromatic hydroxyl groups is 1. The van der Waals surface area contributed by atoms with E-state index in [1.54, 1.807) is 37.4 Å². The molecule has 0 radical (unpaired) electrons. The van der Waals surface area contributed by atoms with Gasteiger partial charge in [0.05, 0.1) is 24.2 Å². The first-order valence-corrected chi connectivity index (χ1v) is 11.2. The monoisotopic (exact) mass is 460 g/mol. The van der Waals surface area contributed by atoms with E-state index in [0.717, 1.165) is 0 Å². The van der Waals surface area contributed by atoms with E-state index >= 15 is 0 Å². The van der Waals surface area contributed by atoms with Crippen LogP contribution in [0.1, 0.15) is 35.7 Å². The number of methoxy groups -OCH3 is 1. The molecule has 0 spiro atoms. The number of fused-ring (bicyclic) bond motifs is 3. The molecule has 0 fully saturated rings. The molecular formula is C27H24O7. The standard InChI is InChI=1S/C27H24O7/c1-12(28)20-19(29)11-16-10-15-9-14-5-8-18(13-3-6-17(34-2)7-4-13)24(30)21(14)26(32)22(15)27(33)23(16)25(20)31/h3-8,15-16,23,29-30,33H,9-11H2,1-2H3. The maximum atomic E-state index is 13.6. The van der Waals surface area contributed by atoms with Crippen LogP contribution in [0.3, 0.4) is 0 Å². The molecule has 3 unspecified atom stereocenters. The number of rotatable bonds is 3. The number of carbonyl (C=O) groups is 3. The average molecular weight is 460 g/mol. The van der Waals surface area contributed by atoms with Gasteiger partial charge in [-0.25, -0.2) is 0 Å². The largest absolute Gasteiger partial charge is 0.511 e. The van der Waals surface area contributed by atoms with Crippen LogP contribution in [0.15, 0.2) is 59.1 Å². The van der Waals surface area contributed by atoms with Gasteiger partial charge >= 0.3 is 0 Å². The lowest BCUT2D eigenvalue weighted by molar-refractivity contribution is -0.125. The molecule has 7 nitrogen and oxygen atoms in total. The lowest BCUT2D eigenvalue weighted by Crippen LogP contribution is -2.42.